The Balaban J connectivity index is 1.51. The summed E-state index contributed by atoms with van der Waals surface area (Å²) >= 11 is 0. The van der Waals surface area contributed by atoms with Gasteiger partial charge in [0.1, 0.15) is 13.2 Å². The number of nitrogens with one attached hydrogen (secondary N) is 2. The molecule has 0 spiro atoms. The van der Waals surface area contributed by atoms with E-state index in [0.29, 0.717) is 30.4 Å². The van der Waals surface area contributed by atoms with Crippen LogP contribution in [0.4, 0.5) is 11.4 Å². The summed E-state index contributed by atoms with van der Waals surface area (Å²) in [6, 6.07) is 9.34. The molecule has 1 aliphatic rings. The predicted molar refractivity (Wildman–Crippen MR) is 113 cm³/mol. The Morgan fingerprint density at radius 3 is 2.14 bits per heavy atom. The van der Waals surface area contributed by atoms with Crippen molar-refractivity contribution in [3.8, 4) is 11.5 Å². The van der Waals surface area contributed by atoms with Crippen LogP contribution < -0.4 is 20.1 Å². The van der Waals surface area contributed by atoms with Gasteiger partial charge in [-0.1, -0.05) is 17.7 Å². The Kier molecular flexibility index (Phi) is 6.39. The average molecular weight is 397 g/mol. The Morgan fingerprint density at radius 2 is 1.48 bits per heavy atom. The van der Waals surface area contributed by atoms with Crippen molar-refractivity contribution in [1.29, 1.82) is 0 Å². The third-order valence-electron chi connectivity index (χ3n) is 4.59. The fraction of sp³-hybridized carbons (Fsp3) is 0.364. The number of nitrogens with zero attached hydrogens (tertiary/aromatic N) is 1. The molecule has 1 heterocycles. The number of rotatable bonds is 6. The van der Waals surface area contributed by atoms with Gasteiger partial charge in [0.2, 0.25) is 11.8 Å². The highest BCUT2D eigenvalue weighted by atomic mass is 16.6. The minimum absolute atomic E-state index is 0.0910. The van der Waals surface area contributed by atoms with E-state index in [1.807, 2.05) is 32.9 Å². The molecule has 2 N–H and O–H groups in total. The smallest absolute Gasteiger partial charge is 0.238 e. The normalized spacial score (nSPS) is 12.6. The van der Waals surface area contributed by atoms with Gasteiger partial charge in [-0.25, -0.2) is 0 Å². The Hall–Kier alpha value is -3.06. The fourth-order valence-corrected chi connectivity index (χ4v) is 3.42. The molecule has 154 valence electrons. The number of fused-ring (bicyclic) bond motifs is 1. The molecule has 0 aromatic heterocycles. The van der Waals surface area contributed by atoms with E-state index in [1.54, 1.807) is 30.1 Å². The zero-order chi connectivity index (χ0) is 21.0. The van der Waals surface area contributed by atoms with Gasteiger partial charge in [0.05, 0.1) is 13.1 Å². The lowest BCUT2D eigenvalue weighted by Gasteiger charge is -2.20. The summed E-state index contributed by atoms with van der Waals surface area (Å²) in [6.45, 7) is 7.18. The zero-order valence-corrected chi connectivity index (χ0v) is 17.3. The maximum Gasteiger partial charge on any atom is 0.238 e. The monoisotopic (exact) mass is 397 g/mol. The van der Waals surface area contributed by atoms with Crippen LogP contribution in [0.3, 0.4) is 0 Å². The van der Waals surface area contributed by atoms with Crippen LogP contribution in [0.2, 0.25) is 0 Å². The van der Waals surface area contributed by atoms with Crippen LogP contribution in [0.15, 0.2) is 30.3 Å². The van der Waals surface area contributed by atoms with Gasteiger partial charge in [-0.3, -0.25) is 14.5 Å². The first-order valence-electron chi connectivity index (χ1n) is 9.57. The van der Waals surface area contributed by atoms with Crippen LogP contribution in [0.1, 0.15) is 16.7 Å². The molecule has 7 nitrogen and oxygen atoms in total. The summed E-state index contributed by atoms with van der Waals surface area (Å²) in [5.41, 5.74) is 4.66. The standard InChI is InChI=1S/C22H27N3O4/c1-14-9-15(2)22(16(3)10-14)24-21(27)13-25(4)12-20(26)23-17-5-6-18-19(11-17)29-8-7-28-18/h5-6,9-11H,7-8,12-13H2,1-4H3,(H,23,26)(H,24,27). The van der Waals surface area contributed by atoms with Crippen LogP contribution in [-0.4, -0.2) is 50.1 Å². The van der Waals surface area contributed by atoms with Gasteiger partial charge in [-0.2, -0.15) is 0 Å². The SMILES string of the molecule is Cc1cc(C)c(NC(=O)CN(C)CC(=O)Nc2ccc3c(c2)OCCO3)c(C)c1. The molecule has 2 amide bonds. The summed E-state index contributed by atoms with van der Waals surface area (Å²) in [5, 5.41) is 5.77. The molecule has 1 aliphatic heterocycles. The summed E-state index contributed by atoms with van der Waals surface area (Å²) in [6.07, 6.45) is 0. The van der Waals surface area contributed by atoms with Crippen molar-refractivity contribution in [3.05, 3.63) is 47.0 Å². The third kappa shape index (κ3) is 5.48. The van der Waals surface area contributed by atoms with E-state index in [2.05, 4.69) is 10.6 Å². The van der Waals surface area contributed by atoms with Crippen LogP contribution >= 0.6 is 0 Å². The zero-order valence-electron chi connectivity index (χ0n) is 17.3. The van der Waals surface area contributed by atoms with Crippen LogP contribution in [0, 0.1) is 20.8 Å². The molecule has 0 saturated carbocycles. The molecule has 7 heteroatoms. The number of likely N-dealkylation sites (N-methyl/N-ethyl adjacent to an activating group) is 1. The quantitative estimate of drug-likeness (QED) is 0.784. The Bertz CT molecular complexity index is 903. The maximum atomic E-state index is 12.4. The van der Waals surface area contributed by atoms with Crippen molar-refractivity contribution >= 4 is 23.2 Å². The Morgan fingerprint density at radius 1 is 0.897 bits per heavy atom. The number of amides is 2. The molecule has 3 rings (SSSR count). The second-order valence-corrected chi connectivity index (χ2v) is 7.40. The highest BCUT2D eigenvalue weighted by molar-refractivity contribution is 5.95. The lowest BCUT2D eigenvalue weighted by molar-refractivity contribution is -0.119. The molecule has 0 atom stereocenters. The molecule has 2 aromatic rings. The first-order chi connectivity index (χ1) is 13.8. The van der Waals surface area contributed by atoms with Crippen molar-refractivity contribution in [2.45, 2.75) is 20.8 Å². The lowest BCUT2D eigenvalue weighted by atomic mass is 10.1. The molecule has 29 heavy (non-hydrogen) atoms. The first-order valence-corrected chi connectivity index (χ1v) is 9.57. The molecule has 0 unspecified atom stereocenters. The van der Waals surface area contributed by atoms with Gasteiger partial charge in [0.25, 0.3) is 0 Å². The highest BCUT2D eigenvalue weighted by Gasteiger charge is 2.15. The minimum atomic E-state index is -0.209. The van der Waals surface area contributed by atoms with Gasteiger partial charge in [-0.05, 0) is 51.1 Å². The number of carbonyl (C=O) groups excluding carboxylic acids is 2. The Labute approximate surface area is 171 Å². The van der Waals surface area contributed by atoms with Crippen molar-refractivity contribution in [2.75, 3.05) is 44.0 Å². The molecule has 2 aromatic carbocycles. The van der Waals surface area contributed by atoms with E-state index in [-0.39, 0.29) is 24.9 Å². The predicted octanol–water partition coefficient (Wildman–Crippen LogP) is 2.89. The molecule has 0 aliphatic carbocycles. The second-order valence-electron chi connectivity index (χ2n) is 7.40. The number of anilines is 2. The number of hydrogen-bond acceptors (Lipinski definition) is 5. The van der Waals surface area contributed by atoms with E-state index in [0.717, 1.165) is 22.4 Å². The van der Waals surface area contributed by atoms with E-state index in [1.165, 1.54) is 0 Å². The molecular weight excluding hydrogens is 370 g/mol. The average Bonchev–Trinajstić information content (AvgIpc) is 2.64. The van der Waals surface area contributed by atoms with E-state index in [9.17, 15) is 9.59 Å². The number of aryl methyl sites for hydroxylation is 3. The van der Waals surface area contributed by atoms with Gasteiger partial charge in [0.15, 0.2) is 11.5 Å². The van der Waals surface area contributed by atoms with E-state index in [4.69, 9.17) is 9.47 Å². The molecular formula is C22H27N3O4. The lowest BCUT2D eigenvalue weighted by Crippen LogP contribution is -2.36. The second kappa shape index (κ2) is 8.96. The fourth-order valence-electron chi connectivity index (χ4n) is 3.42. The topological polar surface area (TPSA) is 79.9 Å². The number of hydrogen-bond donors (Lipinski definition) is 2. The number of benzene rings is 2. The first kappa shape index (κ1) is 20.7. The van der Waals surface area contributed by atoms with Crippen molar-refractivity contribution in [1.82, 2.24) is 4.90 Å². The van der Waals surface area contributed by atoms with Crippen molar-refractivity contribution < 1.29 is 19.1 Å². The van der Waals surface area contributed by atoms with Crippen LogP contribution in [0.5, 0.6) is 11.5 Å². The van der Waals surface area contributed by atoms with Crippen LogP contribution in [-0.2, 0) is 9.59 Å². The number of ether oxygens (including phenoxy) is 2. The summed E-state index contributed by atoms with van der Waals surface area (Å²) in [5.74, 6) is 0.921. The molecule has 0 radical (unpaired) electrons. The largest absolute Gasteiger partial charge is 0.486 e. The molecule has 0 bridgehead atoms. The summed E-state index contributed by atoms with van der Waals surface area (Å²) in [7, 11) is 1.73. The molecule has 0 fully saturated rings. The van der Waals surface area contributed by atoms with E-state index < -0.39 is 0 Å². The van der Waals surface area contributed by atoms with Gasteiger partial charge in [-0.15, -0.1) is 0 Å². The minimum Gasteiger partial charge on any atom is -0.486 e. The van der Waals surface area contributed by atoms with Gasteiger partial charge >= 0.3 is 0 Å². The van der Waals surface area contributed by atoms with E-state index >= 15 is 0 Å². The van der Waals surface area contributed by atoms with Crippen molar-refractivity contribution in [3.63, 3.8) is 0 Å². The van der Waals surface area contributed by atoms with Gasteiger partial charge in [0, 0.05) is 17.4 Å². The van der Waals surface area contributed by atoms with Crippen molar-refractivity contribution in [2.24, 2.45) is 0 Å². The highest BCUT2D eigenvalue weighted by Crippen LogP contribution is 2.32. The van der Waals surface area contributed by atoms with Gasteiger partial charge < -0.3 is 20.1 Å². The summed E-state index contributed by atoms with van der Waals surface area (Å²) < 4.78 is 11.0. The van der Waals surface area contributed by atoms with Crippen LogP contribution in [0.25, 0.3) is 0 Å². The number of carbonyl (C=O) groups is 2. The third-order valence-corrected chi connectivity index (χ3v) is 4.59. The molecule has 0 saturated heterocycles. The maximum absolute atomic E-state index is 12.4. The summed E-state index contributed by atoms with van der Waals surface area (Å²) in [4.78, 5) is 26.4.